The third-order valence-corrected chi connectivity index (χ3v) is 1.80. The summed E-state index contributed by atoms with van der Waals surface area (Å²) in [5, 5.41) is 0. The van der Waals surface area contributed by atoms with E-state index in [0.29, 0.717) is 0 Å². The van der Waals surface area contributed by atoms with E-state index in [0.717, 1.165) is 12.1 Å². The summed E-state index contributed by atoms with van der Waals surface area (Å²) < 4.78 is 48.9. The Bertz CT molecular complexity index is 319. The first-order valence-electron chi connectivity index (χ1n) is 3.99. The maximum atomic E-state index is 12.7. The summed E-state index contributed by atoms with van der Waals surface area (Å²) in [5.41, 5.74) is 5.52. The third-order valence-electron chi connectivity index (χ3n) is 1.80. The van der Waals surface area contributed by atoms with Crippen LogP contribution in [0.2, 0.25) is 0 Å². The molecule has 0 unspecified atom stereocenters. The highest BCUT2D eigenvalue weighted by Crippen LogP contribution is 2.19. The highest BCUT2D eigenvalue weighted by Gasteiger charge is 2.14. The minimum atomic E-state index is -2.56. The van der Waals surface area contributed by atoms with Crippen LogP contribution in [0.5, 0.6) is 0 Å². The lowest BCUT2D eigenvalue weighted by molar-refractivity contribution is 0.128. The second-order valence-corrected chi connectivity index (χ2v) is 2.91. The summed E-state index contributed by atoms with van der Waals surface area (Å²) >= 11 is 0. The fraction of sp³-hybridized carbons (Fsp3) is 0.333. The molecule has 0 heterocycles. The Balaban J connectivity index is 0.00000196. The predicted octanol–water partition coefficient (Wildman–Crippen LogP) is 3.04. The first kappa shape index (κ1) is 14.2. The van der Waals surface area contributed by atoms with Gasteiger partial charge in [0.2, 0.25) is 6.43 Å². The molecule has 0 saturated carbocycles. The molecule has 1 nitrogen and oxygen atoms in total. The molecule has 0 aliphatic carbocycles. The van der Waals surface area contributed by atoms with Crippen LogP contribution in [0.1, 0.15) is 18.0 Å². The topological polar surface area (TPSA) is 26.0 Å². The zero-order chi connectivity index (χ0) is 10.7. The summed E-state index contributed by atoms with van der Waals surface area (Å²) in [5.74, 6) is -2.09. The summed E-state index contributed by atoms with van der Waals surface area (Å²) in [7, 11) is 0. The minimum Gasteiger partial charge on any atom is -0.324 e. The van der Waals surface area contributed by atoms with Gasteiger partial charge in [0.15, 0.2) is 11.6 Å². The van der Waals surface area contributed by atoms with Crippen molar-refractivity contribution in [2.24, 2.45) is 5.73 Å². The van der Waals surface area contributed by atoms with Gasteiger partial charge in [-0.3, -0.25) is 0 Å². The lowest BCUT2D eigenvalue weighted by Gasteiger charge is -2.11. The van der Waals surface area contributed by atoms with Gasteiger partial charge < -0.3 is 5.73 Å². The van der Waals surface area contributed by atoms with Crippen LogP contribution in [0.4, 0.5) is 17.6 Å². The third kappa shape index (κ3) is 4.05. The number of alkyl halides is 2. The van der Waals surface area contributed by atoms with E-state index in [1.807, 2.05) is 0 Å². The Morgan fingerprint density at radius 1 is 1.13 bits per heavy atom. The standard InChI is InChI=1S/C9H9F4N.ClH/c10-6-2-1-5(3-7(6)11)8(14)4-9(12)13;/h1-3,8-9H,4,14H2;1H/t8-;/m0./s1. The molecule has 0 aliphatic rings. The normalized spacial score (nSPS) is 12.4. The van der Waals surface area contributed by atoms with Crippen molar-refractivity contribution >= 4 is 12.4 Å². The average Bonchev–Trinajstić information content (AvgIpc) is 2.08. The smallest absolute Gasteiger partial charge is 0.240 e. The van der Waals surface area contributed by atoms with E-state index in [9.17, 15) is 17.6 Å². The highest BCUT2D eigenvalue weighted by molar-refractivity contribution is 5.85. The van der Waals surface area contributed by atoms with Crippen molar-refractivity contribution in [3.8, 4) is 0 Å². The van der Waals surface area contributed by atoms with E-state index in [1.165, 1.54) is 6.07 Å². The Morgan fingerprint density at radius 3 is 2.20 bits per heavy atom. The molecular formula is C9H10ClF4N. The second-order valence-electron chi connectivity index (χ2n) is 2.91. The highest BCUT2D eigenvalue weighted by atomic mass is 35.5. The van der Waals surface area contributed by atoms with E-state index in [2.05, 4.69) is 0 Å². The molecule has 0 bridgehead atoms. The maximum absolute atomic E-state index is 12.7. The first-order chi connectivity index (χ1) is 6.50. The van der Waals surface area contributed by atoms with Crippen molar-refractivity contribution in [3.63, 3.8) is 0 Å². The van der Waals surface area contributed by atoms with Gasteiger partial charge in [-0.1, -0.05) is 6.07 Å². The van der Waals surface area contributed by atoms with Crippen LogP contribution in [0.25, 0.3) is 0 Å². The second kappa shape index (κ2) is 5.92. The van der Waals surface area contributed by atoms with Gasteiger partial charge in [-0.25, -0.2) is 17.6 Å². The van der Waals surface area contributed by atoms with Crippen molar-refractivity contribution in [3.05, 3.63) is 35.4 Å². The molecule has 2 N–H and O–H groups in total. The molecule has 6 heteroatoms. The van der Waals surface area contributed by atoms with Crippen LogP contribution in [-0.4, -0.2) is 6.43 Å². The van der Waals surface area contributed by atoms with Crippen LogP contribution < -0.4 is 5.73 Å². The van der Waals surface area contributed by atoms with Crippen molar-refractivity contribution < 1.29 is 17.6 Å². The van der Waals surface area contributed by atoms with Gasteiger partial charge in [-0.2, -0.15) is 0 Å². The quantitative estimate of drug-likeness (QED) is 0.812. The minimum absolute atomic E-state index is 0. The molecule has 0 aromatic heterocycles. The Labute approximate surface area is 90.7 Å². The van der Waals surface area contributed by atoms with Crippen molar-refractivity contribution in [2.75, 3.05) is 0 Å². The van der Waals surface area contributed by atoms with Crippen LogP contribution >= 0.6 is 12.4 Å². The van der Waals surface area contributed by atoms with Gasteiger partial charge in [0, 0.05) is 12.5 Å². The van der Waals surface area contributed by atoms with Crippen LogP contribution in [0.15, 0.2) is 18.2 Å². The van der Waals surface area contributed by atoms with E-state index in [4.69, 9.17) is 5.73 Å². The lowest BCUT2D eigenvalue weighted by atomic mass is 10.0. The van der Waals surface area contributed by atoms with Gasteiger partial charge in [0.05, 0.1) is 0 Å². The molecule has 1 aromatic carbocycles. The van der Waals surface area contributed by atoms with Gasteiger partial charge in [-0.15, -0.1) is 12.4 Å². The molecule has 0 spiro atoms. The predicted molar refractivity (Wildman–Crippen MR) is 51.2 cm³/mol. The fourth-order valence-electron chi connectivity index (χ4n) is 1.07. The number of halogens is 5. The van der Waals surface area contributed by atoms with E-state index < -0.39 is 30.5 Å². The SMILES string of the molecule is Cl.N[C@@H](CC(F)F)c1ccc(F)c(F)c1. The number of nitrogens with two attached hydrogens (primary N) is 1. The molecule has 1 rings (SSSR count). The molecule has 0 aliphatic heterocycles. The molecule has 15 heavy (non-hydrogen) atoms. The molecule has 0 fully saturated rings. The van der Waals surface area contributed by atoms with E-state index in [-0.39, 0.29) is 18.0 Å². The zero-order valence-corrected chi connectivity index (χ0v) is 8.41. The van der Waals surface area contributed by atoms with E-state index in [1.54, 1.807) is 0 Å². The first-order valence-corrected chi connectivity index (χ1v) is 3.99. The molecule has 1 aromatic rings. The van der Waals surface area contributed by atoms with Gasteiger partial charge >= 0.3 is 0 Å². The van der Waals surface area contributed by atoms with E-state index >= 15 is 0 Å². The zero-order valence-electron chi connectivity index (χ0n) is 7.59. The van der Waals surface area contributed by atoms with Crippen LogP contribution in [0.3, 0.4) is 0 Å². The lowest BCUT2D eigenvalue weighted by Crippen LogP contribution is -2.14. The Morgan fingerprint density at radius 2 is 1.73 bits per heavy atom. The molecule has 1 atom stereocenters. The van der Waals surface area contributed by atoms with Gasteiger partial charge in [0.25, 0.3) is 0 Å². The van der Waals surface area contributed by atoms with Crippen molar-refractivity contribution in [1.29, 1.82) is 0 Å². The molecule has 0 amide bonds. The maximum Gasteiger partial charge on any atom is 0.240 e. The number of rotatable bonds is 3. The molecule has 0 saturated heterocycles. The Kier molecular flexibility index (Phi) is 5.60. The van der Waals surface area contributed by atoms with Crippen molar-refractivity contribution in [2.45, 2.75) is 18.9 Å². The average molecular weight is 244 g/mol. The summed E-state index contributed by atoms with van der Waals surface area (Å²) in [6.45, 7) is 0. The van der Waals surface area contributed by atoms with Crippen molar-refractivity contribution in [1.82, 2.24) is 0 Å². The summed E-state index contributed by atoms with van der Waals surface area (Å²) in [4.78, 5) is 0. The largest absolute Gasteiger partial charge is 0.324 e. The molecule has 86 valence electrons. The number of hydrogen-bond donors (Lipinski definition) is 1. The van der Waals surface area contributed by atoms with Gasteiger partial charge in [-0.05, 0) is 17.7 Å². The number of hydrogen-bond acceptors (Lipinski definition) is 1. The summed E-state index contributed by atoms with van der Waals surface area (Å²) in [6, 6.07) is 1.94. The number of benzene rings is 1. The Hall–Kier alpha value is -0.810. The summed E-state index contributed by atoms with van der Waals surface area (Å²) in [6.07, 6.45) is -3.12. The van der Waals surface area contributed by atoms with Crippen LogP contribution in [0, 0.1) is 11.6 Å². The monoisotopic (exact) mass is 243 g/mol. The molecule has 0 radical (unpaired) electrons. The van der Waals surface area contributed by atoms with Crippen LogP contribution in [-0.2, 0) is 0 Å². The molecular weight excluding hydrogens is 234 g/mol. The fourth-order valence-corrected chi connectivity index (χ4v) is 1.07. The van der Waals surface area contributed by atoms with Gasteiger partial charge in [0.1, 0.15) is 0 Å².